The summed E-state index contributed by atoms with van der Waals surface area (Å²) in [5, 5.41) is 3.76. The maximum Gasteiger partial charge on any atom is 0.00673 e. The van der Waals surface area contributed by atoms with Crippen molar-refractivity contribution in [1.29, 1.82) is 0 Å². The first-order chi connectivity index (χ1) is 8.59. The van der Waals surface area contributed by atoms with Crippen LogP contribution in [0.3, 0.4) is 0 Å². The lowest BCUT2D eigenvalue weighted by Crippen LogP contribution is -2.40. The second-order valence-corrected chi connectivity index (χ2v) is 6.46. The minimum Gasteiger partial charge on any atom is -0.313 e. The van der Waals surface area contributed by atoms with Gasteiger partial charge < -0.3 is 5.32 Å². The lowest BCUT2D eigenvalue weighted by atomic mass is 9.84. The monoisotopic (exact) mass is 245 g/mol. The molecule has 0 aromatic heterocycles. The topological polar surface area (TPSA) is 12.0 Å². The average Bonchev–Trinajstić information content (AvgIpc) is 2.91. The number of nitrogens with one attached hydrogen (secondary N) is 1. The van der Waals surface area contributed by atoms with Crippen LogP contribution in [0.2, 0.25) is 0 Å². The third-order valence-electron chi connectivity index (χ3n) is 4.53. The normalized spacial score (nSPS) is 19.1. The first kappa shape index (κ1) is 13.6. The molecule has 1 aromatic carbocycles. The average molecular weight is 245 g/mol. The van der Waals surface area contributed by atoms with Gasteiger partial charge in [0.25, 0.3) is 0 Å². The van der Waals surface area contributed by atoms with Crippen LogP contribution in [0, 0.1) is 5.92 Å². The van der Waals surface area contributed by atoms with Gasteiger partial charge in [-0.2, -0.15) is 0 Å². The van der Waals surface area contributed by atoms with E-state index in [4.69, 9.17) is 0 Å². The lowest BCUT2D eigenvalue weighted by molar-refractivity contribution is 0.346. The number of rotatable bonds is 5. The van der Waals surface area contributed by atoms with Gasteiger partial charge in [-0.25, -0.2) is 0 Å². The molecule has 0 saturated heterocycles. The molecule has 0 aliphatic heterocycles. The molecule has 2 rings (SSSR count). The number of hydrogen-bond donors (Lipinski definition) is 1. The van der Waals surface area contributed by atoms with E-state index in [2.05, 4.69) is 56.4 Å². The van der Waals surface area contributed by atoms with E-state index in [9.17, 15) is 0 Å². The van der Waals surface area contributed by atoms with Gasteiger partial charge in [0.2, 0.25) is 0 Å². The summed E-state index contributed by atoms with van der Waals surface area (Å²) in [7, 11) is 0. The number of hydrogen-bond acceptors (Lipinski definition) is 1. The maximum atomic E-state index is 3.76. The van der Waals surface area contributed by atoms with Crippen LogP contribution >= 0.6 is 0 Å². The van der Waals surface area contributed by atoms with Gasteiger partial charge in [-0.15, -0.1) is 0 Å². The molecule has 18 heavy (non-hydrogen) atoms. The van der Waals surface area contributed by atoms with E-state index in [0.717, 1.165) is 12.5 Å². The standard InChI is InChI=1S/C17H27N/c1-14(15-9-7-8-10-15)18-13-17(2,3)16-11-5-4-6-12-16/h4-6,11-12,14-15,18H,7-10,13H2,1-3H3. The third-order valence-corrected chi connectivity index (χ3v) is 4.53. The first-order valence-corrected chi connectivity index (χ1v) is 7.38. The molecule has 1 aromatic rings. The fourth-order valence-electron chi connectivity index (χ4n) is 3.03. The van der Waals surface area contributed by atoms with E-state index >= 15 is 0 Å². The Morgan fingerprint density at radius 3 is 2.39 bits per heavy atom. The summed E-state index contributed by atoms with van der Waals surface area (Å²) >= 11 is 0. The van der Waals surface area contributed by atoms with Gasteiger partial charge in [-0.3, -0.25) is 0 Å². The summed E-state index contributed by atoms with van der Waals surface area (Å²) in [6, 6.07) is 11.5. The molecule has 1 atom stereocenters. The van der Waals surface area contributed by atoms with Crippen molar-refractivity contribution >= 4 is 0 Å². The Balaban J connectivity index is 1.88. The quantitative estimate of drug-likeness (QED) is 0.822. The SMILES string of the molecule is CC(NCC(C)(C)c1ccccc1)C1CCCC1. The molecule has 1 aliphatic carbocycles. The Kier molecular flexibility index (Phi) is 4.45. The highest BCUT2D eigenvalue weighted by Gasteiger charge is 2.25. The summed E-state index contributed by atoms with van der Waals surface area (Å²) in [5.74, 6) is 0.900. The molecule has 100 valence electrons. The summed E-state index contributed by atoms with van der Waals surface area (Å²) in [6.45, 7) is 8.08. The van der Waals surface area contributed by atoms with Crippen LogP contribution < -0.4 is 5.32 Å². The zero-order valence-electron chi connectivity index (χ0n) is 12.1. The zero-order chi connectivity index (χ0) is 13.0. The van der Waals surface area contributed by atoms with E-state index in [1.807, 2.05) is 0 Å². The van der Waals surface area contributed by atoms with Crippen LogP contribution in [-0.2, 0) is 5.41 Å². The van der Waals surface area contributed by atoms with Gasteiger partial charge in [0.1, 0.15) is 0 Å². The zero-order valence-corrected chi connectivity index (χ0v) is 12.1. The van der Waals surface area contributed by atoms with Crippen LogP contribution in [0.1, 0.15) is 52.0 Å². The molecule has 0 bridgehead atoms. The second kappa shape index (κ2) is 5.88. The van der Waals surface area contributed by atoms with Gasteiger partial charge in [-0.05, 0) is 31.2 Å². The van der Waals surface area contributed by atoms with Crippen LogP contribution in [0.4, 0.5) is 0 Å². The van der Waals surface area contributed by atoms with E-state index in [1.165, 1.54) is 31.2 Å². The molecule has 1 N–H and O–H groups in total. The van der Waals surface area contributed by atoms with Crippen molar-refractivity contribution in [3.63, 3.8) is 0 Å². The lowest BCUT2D eigenvalue weighted by Gasteiger charge is -2.29. The first-order valence-electron chi connectivity index (χ1n) is 7.38. The molecule has 1 aliphatic rings. The van der Waals surface area contributed by atoms with Crippen LogP contribution in [0.25, 0.3) is 0 Å². The molecule has 0 amide bonds. The van der Waals surface area contributed by atoms with E-state index in [0.29, 0.717) is 6.04 Å². The van der Waals surface area contributed by atoms with Gasteiger partial charge >= 0.3 is 0 Å². The summed E-state index contributed by atoms with van der Waals surface area (Å²) in [6.07, 6.45) is 5.69. The van der Waals surface area contributed by atoms with Crippen molar-refractivity contribution in [3.8, 4) is 0 Å². The van der Waals surface area contributed by atoms with Crippen molar-refractivity contribution < 1.29 is 0 Å². The predicted molar refractivity (Wildman–Crippen MR) is 78.9 cm³/mol. The highest BCUT2D eigenvalue weighted by atomic mass is 14.9. The largest absolute Gasteiger partial charge is 0.313 e. The van der Waals surface area contributed by atoms with Gasteiger partial charge in [0, 0.05) is 18.0 Å². The van der Waals surface area contributed by atoms with E-state index < -0.39 is 0 Å². The molecular weight excluding hydrogens is 218 g/mol. The minimum absolute atomic E-state index is 0.216. The fraction of sp³-hybridized carbons (Fsp3) is 0.647. The summed E-state index contributed by atoms with van der Waals surface area (Å²) in [5.41, 5.74) is 1.64. The molecule has 1 nitrogen and oxygen atoms in total. The molecule has 1 saturated carbocycles. The summed E-state index contributed by atoms with van der Waals surface area (Å²) < 4.78 is 0. The maximum absolute atomic E-state index is 3.76. The van der Waals surface area contributed by atoms with Crippen molar-refractivity contribution in [1.82, 2.24) is 5.32 Å². The Bertz CT molecular complexity index is 349. The fourth-order valence-corrected chi connectivity index (χ4v) is 3.03. The Morgan fingerprint density at radius 2 is 1.78 bits per heavy atom. The van der Waals surface area contributed by atoms with Crippen LogP contribution in [0.5, 0.6) is 0 Å². The van der Waals surface area contributed by atoms with Crippen LogP contribution in [0.15, 0.2) is 30.3 Å². The highest BCUT2D eigenvalue weighted by molar-refractivity contribution is 5.23. The van der Waals surface area contributed by atoms with Crippen molar-refractivity contribution in [2.24, 2.45) is 5.92 Å². The molecular formula is C17H27N. The highest BCUT2D eigenvalue weighted by Crippen LogP contribution is 2.28. The van der Waals surface area contributed by atoms with E-state index in [1.54, 1.807) is 0 Å². The van der Waals surface area contributed by atoms with Crippen molar-refractivity contribution in [2.75, 3.05) is 6.54 Å². The second-order valence-electron chi connectivity index (χ2n) is 6.46. The molecule has 0 heterocycles. The molecule has 1 heteroatoms. The van der Waals surface area contributed by atoms with Crippen molar-refractivity contribution in [3.05, 3.63) is 35.9 Å². The van der Waals surface area contributed by atoms with E-state index in [-0.39, 0.29) is 5.41 Å². The minimum atomic E-state index is 0.216. The van der Waals surface area contributed by atoms with Gasteiger partial charge in [0.15, 0.2) is 0 Å². The molecule has 0 radical (unpaired) electrons. The van der Waals surface area contributed by atoms with Gasteiger partial charge in [0.05, 0.1) is 0 Å². The predicted octanol–water partition coefficient (Wildman–Crippen LogP) is 4.13. The Labute approximate surface area is 112 Å². The smallest absolute Gasteiger partial charge is 0.00673 e. The number of benzene rings is 1. The van der Waals surface area contributed by atoms with Crippen molar-refractivity contribution in [2.45, 2.75) is 57.9 Å². The van der Waals surface area contributed by atoms with Crippen LogP contribution in [-0.4, -0.2) is 12.6 Å². The Hall–Kier alpha value is -0.820. The molecule has 0 spiro atoms. The summed E-state index contributed by atoms with van der Waals surface area (Å²) in [4.78, 5) is 0. The third kappa shape index (κ3) is 3.35. The molecule has 1 unspecified atom stereocenters. The Morgan fingerprint density at radius 1 is 1.17 bits per heavy atom. The molecule has 1 fully saturated rings. The van der Waals surface area contributed by atoms with Gasteiger partial charge in [-0.1, -0.05) is 57.0 Å².